The van der Waals surface area contributed by atoms with Crippen LogP contribution in [0.2, 0.25) is 0 Å². The molecular formula is C19H21N5OS. The number of amides is 2. The van der Waals surface area contributed by atoms with E-state index in [9.17, 15) is 4.79 Å². The van der Waals surface area contributed by atoms with Crippen LogP contribution >= 0.6 is 11.3 Å². The molecule has 6 nitrogen and oxygen atoms in total. The molecule has 1 aliphatic rings. The molecule has 26 heavy (non-hydrogen) atoms. The van der Waals surface area contributed by atoms with Crippen LogP contribution in [0.25, 0.3) is 10.2 Å². The number of pyridine rings is 1. The van der Waals surface area contributed by atoms with Gasteiger partial charge < -0.3 is 15.5 Å². The third kappa shape index (κ3) is 3.94. The number of urea groups is 1. The number of carbonyl (C=O) groups excluding carboxylic acids is 1. The van der Waals surface area contributed by atoms with Crippen LogP contribution in [0, 0.1) is 0 Å². The zero-order chi connectivity index (χ0) is 17.8. The molecular weight excluding hydrogens is 346 g/mol. The van der Waals surface area contributed by atoms with Gasteiger partial charge in [0.2, 0.25) is 0 Å². The summed E-state index contributed by atoms with van der Waals surface area (Å²) in [6, 6.07) is 14.0. The summed E-state index contributed by atoms with van der Waals surface area (Å²) in [6.45, 7) is 2.26. The molecule has 7 heteroatoms. The summed E-state index contributed by atoms with van der Waals surface area (Å²) < 4.78 is 1.22. The predicted molar refractivity (Wildman–Crippen MR) is 104 cm³/mol. The van der Waals surface area contributed by atoms with Crippen molar-refractivity contribution in [1.29, 1.82) is 0 Å². The van der Waals surface area contributed by atoms with Crippen molar-refractivity contribution < 1.29 is 4.79 Å². The number of hydrogen-bond donors (Lipinski definition) is 2. The average molecular weight is 367 g/mol. The summed E-state index contributed by atoms with van der Waals surface area (Å²) in [5.74, 6) is 0. The largest absolute Gasteiger partial charge is 0.348 e. The fourth-order valence-electron chi connectivity index (χ4n) is 3.12. The van der Waals surface area contributed by atoms with Gasteiger partial charge in [-0.25, -0.2) is 9.78 Å². The minimum Gasteiger partial charge on any atom is -0.348 e. The highest BCUT2D eigenvalue weighted by molar-refractivity contribution is 7.22. The number of nitrogens with zero attached hydrogens (tertiary/aromatic N) is 3. The maximum atomic E-state index is 12.1. The minimum atomic E-state index is -0.130. The van der Waals surface area contributed by atoms with Crippen molar-refractivity contribution in [3.05, 3.63) is 54.4 Å². The molecule has 0 bridgehead atoms. The molecule has 2 amide bonds. The number of nitrogens with one attached hydrogen (secondary N) is 2. The fraction of sp³-hybridized carbons (Fsp3) is 0.316. The molecule has 1 aliphatic heterocycles. The molecule has 0 unspecified atom stereocenters. The van der Waals surface area contributed by atoms with E-state index in [-0.39, 0.29) is 12.1 Å². The number of aromatic nitrogens is 2. The van der Waals surface area contributed by atoms with Crippen molar-refractivity contribution in [3.63, 3.8) is 0 Å². The Morgan fingerprint density at radius 3 is 2.73 bits per heavy atom. The summed E-state index contributed by atoms with van der Waals surface area (Å²) in [5, 5.41) is 7.01. The van der Waals surface area contributed by atoms with Crippen LogP contribution in [-0.4, -0.2) is 35.1 Å². The predicted octanol–water partition coefficient (Wildman–Crippen LogP) is 3.16. The first kappa shape index (κ1) is 16.8. The van der Waals surface area contributed by atoms with Crippen molar-refractivity contribution in [2.45, 2.75) is 25.4 Å². The van der Waals surface area contributed by atoms with E-state index in [4.69, 9.17) is 4.98 Å². The Kier molecular flexibility index (Phi) is 4.97. The summed E-state index contributed by atoms with van der Waals surface area (Å²) >= 11 is 1.73. The maximum Gasteiger partial charge on any atom is 0.315 e. The topological polar surface area (TPSA) is 70.2 Å². The monoisotopic (exact) mass is 367 g/mol. The molecule has 134 valence electrons. The number of fused-ring (bicyclic) bond motifs is 1. The summed E-state index contributed by atoms with van der Waals surface area (Å²) in [7, 11) is 0. The van der Waals surface area contributed by atoms with E-state index in [1.807, 2.05) is 30.3 Å². The Balaban J connectivity index is 1.26. The highest BCUT2D eigenvalue weighted by Gasteiger charge is 2.22. The van der Waals surface area contributed by atoms with E-state index in [0.717, 1.165) is 42.3 Å². The van der Waals surface area contributed by atoms with Crippen LogP contribution in [0.1, 0.15) is 18.5 Å². The average Bonchev–Trinajstić information content (AvgIpc) is 3.12. The van der Waals surface area contributed by atoms with Crippen LogP contribution in [0.5, 0.6) is 0 Å². The van der Waals surface area contributed by atoms with Gasteiger partial charge in [0.1, 0.15) is 0 Å². The van der Waals surface area contributed by atoms with Crippen molar-refractivity contribution in [3.8, 4) is 0 Å². The molecule has 2 aromatic heterocycles. The number of piperidine rings is 1. The van der Waals surface area contributed by atoms with Crippen molar-refractivity contribution in [2.75, 3.05) is 18.0 Å². The number of rotatable bonds is 4. The smallest absolute Gasteiger partial charge is 0.315 e. The van der Waals surface area contributed by atoms with E-state index in [1.54, 1.807) is 17.5 Å². The van der Waals surface area contributed by atoms with Gasteiger partial charge in [-0.2, -0.15) is 0 Å². The van der Waals surface area contributed by atoms with Gasteiger partial charge in [0.05, 0.1) is 22.5 Å². The highest BCUT2D eigenvalue weighted by atomic mass is 32.1. The second-order valence-corrected chi connectivity index (χ2v) is 7.38. The lowest BCUT2D eigenvalue weighted by atomic mass is 10.1. The number of benzene rings is 1. The molecule has 1 fully saturated rings. The Hall–Kier alpha value is -2.67. The van der Waals surface area contributed by atoms with Gasteiger partial charge in [0, 0.05) is 25.3 Å². The van der Waals surface area contributed by atoms with Gasteiger partial charge in [-0.15, -0.1) is 0 Å². The zero-order valence-electron chi connectivity index (χ0n) is 14.4. The van der Waals surface area contributed by atoms with Crippen LogP contribution in [0.15, 0.2) is 48.7 Å². The molecule has 0 aliphatic carbocycles. The second-order valence-electron chi connectivity index (χ2n) is 6.37. The number of thiazole rings is 1. The molecule has 0 atom stereocenters. The van der Waals surface area contributed by atoms with E-state index >= 15 is 0 Å². The molecule has 4 rings (SSSR count). The van der Waals surface area contributed by atoms with Crippen molar-refractivity contribution >= 4 is 32.7 Å². The maximum absolute atomic E-state index is 12.1. The first-order valence-corrected chi connectivity index (χ1v) is 9.64. The van der Waals surface area contributed by atoms with Gasteiger partial charge >= 0.3 is 6.03 Å². The molecule has 0 spiro atoms. The molecule has 0 saturated carbocycles. The lowest BCUT2D eigenvalue weighted by molar-refractivity contribution is 0.234. The Bertz CT molecular complexity index is 841. The van der Waals surface area contributed by atoms with E-state index in [0.29, 0.717) is 6.54 Å². The number of hydrogen-bond acceptors (Lipinski definition) is 5. The van der Waals surface area contributed by atoms with Crippen LogP contribution in [0.4, 0.5) is 9.93 Å². The van der Waals surface area contributed by atoms with Gasteiger partial charge in [0.25, 0.3) is 0 Å². The Morgan fingerprint density at radius 1 is 1.15 bits per heavy atom. The summed E-state index contributed by atoms with van der Waals surface area (Å²) in [5.41, 5.74) is 1.91. The zero-order valence-corrected chi connectivity index (χ0v) is 15.2. The normalized spacial score (nSPS) is 15.2. The Labute approximate surface area is 156 Å². The summed E-state index contributed by atoms with van der Waals surface area (Å²) in [6.07, 6.45) is 3.58. The first-order valence-electron chi connectivity index (χ1n) is 8.83. The number of carbonyl (C=O) groups is 1. The Morgan fingerprint density at radius 2 is 1.96 bits per heavy atom. The third-order valence-electron chi connectivity index (χ3n) is 4.54. The minimum absolute atomic E-state index is 0.130. The highest BCUT2D eigenvalue weighted by Crippen LogP contribution is 2.30. The van der Waals surface area contributed by atoms with Gasteiger partial charge in [0.15, 0.2) is 5.13 Å². The van der Waals surface area contributed by atoms with Gasteiger partial charge in [-0.1, -0.05) is 29.5 Å². The second kappa shape index (κ2) is 7.70. The fourth-order valence-corrected chi connectivity index (χ4v) is 4.14. The van der Waals surface area contributed by atoms with Crippen LogP contribution < -0.4 is 15.5 Å². The van der Waals surface area contributed by atoms with Gasteiger partial charge in [-0.3, -0.25) is 4.98 Å². The van der Waals surface area contributed by atoms with Gasteiger partial charge in [-0.05, 0) is 37.1 Å². The molecule has 3 heterocycles. The van der Waals surface area contributed by atoms with E-state index in [2.05, 4.69) is 32.7 Å². The SMILES string of the molecule is O=C(NCc1ccccn1)NC1CCN(c2nc3ccccc3s2)CC1. The van der Waals surface area contributed by atoms with Crippen molar-refractivity contribution in [2.24, 2.45) is 0 Å². The van der Waals surface area contributed by atoms with Crippen LogP contribution in [0.3, 0.4) is 0 Å². The quantitative estimate of drug-likeness (QED) is 0.743. The number of para-hydroxylation sites is 1. The molecule has 1 saturated heterocycles. The molecule has 0 radical (unpaired) electrons. The van der Waals surface area contributed by atoms with Crippen LogP contribution in [-0.2, 0) is 6.54 Å². The third-order valence-corrected chi connectivity index (χ3v) is 5.64. The van der Waals surface area contributed by atoms with E-state index < -0.39 is 0 Å². The first-order chi connectivity index (χ1) is 12.8. The molecule has 1 aromatic carbocycles. The lowest BCUT2D eigenvalue weighted by Gasteiger charge is -2.32. The molecule has 2 N–H and O–H groups in total. The van der Waals surface area contributed by atoms with Crippen molar-refractivity contribution in [1.82, 2.24) is 20.6 Å². The standard InChI is InChI=1S/C19H21N5OS/c25-18(21-13-15-5-3-4-10-20-15)22-14-8-11-24(12-9-14)19-23-16-6-1-2-7-17(16)26-19/h1-7,10,14H,8-9,11-13H2,(H2,21,22,25). The van der Waals surface area contributed by atoms with E-state index in [1.165, 1.54) is 4.70 Å². The summed E-state index contributed by atoms with van der Waals surface area (Å²) in [4.78, 5) is 23.3. The number of anilines is 1. The molecule has 3 aromatic rings. The lowest BCUT2D eigenvalue weighted by Crippen LogP contribution is -2.47.